The first-order valence-electron chi connectivity index (χ1n) is 7.02. The van der Waals surface area contributed by atoms with Crippen LogP contribution >= 0.6 is 0 Å². The highest BCUT2D eigenvalue weighted by Crippen LogP contribution is 2.10. The van der Waals surface area contributed by atoms with E-state index in [1.807, 2.05) is 6.08 Å². The molecule has 0 bridgehead atoms. The molecule has 0 aromatic heterocycles. The average Bonchev–Trinajstić information content (AvgIpc) is 2.33. The van der Waals surface area contributed by atoms with Gasteiger partial charge in [-0.05, 0) is 25.4 Å². The van der Waals surface area contributed by atoms with Crippen molar-refractivity contribution in [1.82, 2.24) is 0 Å². The van der Waals surface area contributed by atoms with Gasteiger partial charge in [-0.1, -0.05) is 38.2 Å². The van der Waals surface area contributed by atoms with Crippen molar-refractivity contribution >= 4 is 9.04 Å². The quantitative estimate of drug-likeness (QED) is 0.283. The number of hydrogen-bond donors (Lipinski definition) is 0. The zero-order chi connectivity index (χ0) is 12.8. The van der Waals surface area contributed by atoms with E-state index in [9.17, 15) is 0 Å². The summed E-state index contributed by atoms with van der Waals surface area (Å²) in [7, 11) is 0.827. The second-order valence-electron chi connectivity index (χ2n) is 4.66. The van der Waals surface area contributed by atoms with Gasteiger partial charge in [-0.25, -0.2) is 0 Å². The summed E-state index contributed by atoms with van der Waals surface area (Å²) in [4.78, 5) is 0. The number of unbranched alkanes of at least 4 members (excludes halogenated alkanes) is 6. The maximum atomic E-state index is 5.74. The maximum Gasteiger partial charge on any atom is 0.174 e. The van der Waals surface area contributed by atoms with Crippen molar-refractivity contribution in [3.05, 3.63) is 12.7 Å². The highest BCUT2D eigenvalue weighted by atomic mass is 28.3. The fourth-order valence-corrected chi connectivity index (χ4v) is 3.37. The first kappa shape index (κ1) is 16.9. The predicted octanol–water partition coefficient (Wildman–Crippen LogP) is 3.92. The molecule has 102 valence electrons. The van der Waals surface area contributed by atoms with Crippen LogP contribution in [0, 0.1) is 0 Å². The lowest BCUT2D eigenvalue weighted by Gasteiger charge is -2.10. The summed E-state index contributed by atoms with van der Waals surface area (Å²) in [5.41, 5.74) is 0. The number of ether oxygens (including phenoxy) is 1. The first-order chi connectivity index (χ1) is 8.31. The first-order valence-corrected chi connectivity index (χ1v) is 9.47. The lowest BCUT2D eigenvalue weighted by molar-refractivity contribution is 0.146. The highest BCUT2D eigenvalue weighted by Gasteiger charge is 2.03. The summed E-state index contributed by atoms with van der Waals surface area (Å²) in [5, 5.41) is 0. The van der Waals surface area contributed by atoms with E-state index in [2.05, 4.69) is 13.1 Å². The molecule has 0 N–H and O–H groups in total. The molecule has 1 atom stereocenters. The van der Waals surface area contributed by atoms with Gasteiger partial charge >= 0.3 is 0 Å². The molecule has 0 aliphatic heterocycles. The van der Waals surface area contributed by atoms with Crippen molar-refractivity contribution < 1.29 is 9.16 Å². The molecule has 0 amide bonds. The second-order valence-corrected chi connectivity index (χ2v) is 7.19. The number of hydrogen-bond acceptors (Lipinski definition) is 2. The molecule has 0 radical (unpaired) electrons. The van der Waals surface area contributed by atoms with Crippen LogP contribution < -0.4 is 0 Å². The Labute approximate surface area is 109 Å². The van der Waals surface area contributed by atoms with Crippen LogP contribution in [0.25, 0.3) is 0 Å². The van der Waals surface area contributed by atoms with Gasteiger partial charge in [0, 0.05) is 7.11 Å². The molecule has 17 heavy (non-hydrogen) atoms. The third kappa shape index (κ3) is 13.8. The van der Waals surface area contributed by atoms with E-state index in [-0.39, 0.29) is 0 Å². The van der Waals surface area contributed by atoms with Crippen molar-refractivity contribution in [3.63, 3.8) is 0 Å². The molecule has 3 heteroatoms. The van der Waals surface area contributed by atoms with Gasteiger partial charge in [0.15, 0.2) is 9.04 Å². The molecule has 1 unspecified atom stereocenters. The number of allylic oxidation sites excluding steroid dienone is 1. The summed E-state index contributed by atoms with van der Waals surface area (Å²) in [6, 6.07) is 1.32. The molecule has 0 saturated heterocycles. The lowest BCUT2D eigenvalue weighted by atomic mass is 10.1. The topological polar surface area (TPSA) is 18.5 Å². The van der Waals surface area contributed by atoms with E-state index >= 15 is 0 Å². The SMILES string of the molecule is C=CCCCCCCCC[SiH](C)OCCOC. The molecule has 2 nitrogen and oxygen atoms in total. The number of methoxy groups -OCH3 is 1. The maximum absolute atomic E-state index is 5.74. The normalized spacial score (nSPS) is 12.6. The Morgan fingerprint density at radius 3 is 2.29 bits per heavy atom. The Morgan fingerprint density at radius 2 is 1.65 bits per heavy atom. The van der Waals surface area contributed by atoms with Crippen molar-refractivity contribution in [2.45, 2.75) is 57.5 Å². The minimum atomic E-state index is -0.897. The molecule has 0 fully saturated rings. The van der Waals surface area contributed by atoms with Crippen LogP contribution in [-0.4, -0.2) is 29.4 Å². The monoisotopic (exact) mass is 258 g/mol. The Hall–Kier alpha value is -0.123. The zero-order valence-corrected chi connectivity index (χ0v) is 12.9. The molecule has 0 aromatic carbocycles. The van der Waals surface area contributed by atoms with Crippen LogP contribution in [-0.2, 0) is 9.16 Å². The van der Waals surface area contributed by atoms with Gasteiger partial charge in [-0.2, -0.15) is 0 Å². The summed E-state index contributed by atoms with van der Waals surface area (Å²) >= 11 is 0. The molecule has 0 spiro atoms. The van der Waals surface area contributed by atoms with Gasteiger partial charge in [-0.3, -0.25) is 0 Å². The van der Waals surface area contributed by atoms with Gasteiger partial charge in [0.05, 0.1) is 13.2 Å². The van der Waals surface area contributed by atoms with Crippen molar-refractivity contribution in [2.24, 2.45) is 0 Å². The van der Waals surface area contributed by atoms with Gasteiger partial charge in [0.25, 0.3) is 0 Å². The van der Waals surface area contributed by atoms with Gasteiger partial charge in [0.2, 0.25) is 0 Å². The van der Waals surface area contributed by atoms with Crippen LogP contribution in [0.15, 0.2) is 12.7 Å². The molecule has 0 aliphatic carbocycles. The second kappa shape index (κ2) is 13.9. The van der Waals surface area contributed by atoms with Crippen molar-refractivity contribution in [3.8, 4) is 0 Å². The molecule has 0 rings (SSSR count). The third-order valence-corrected chi connectivity index (χ3v) is 4.98. The fourth-order valence-electron chi connectivity index (χ4n) is 1.84. The van der Waals surface area contributed by atoms with Crippen LogP contribution in [0.4, 0.5) is 0 Å². The van der Waals surface area contributed by atoms with Crippen LogP contribution in [0.5, 0.6) is 0 Å². The molecule has 0 saturated carbocycles. The molecular weight excluding hydrogens is 228 g/mol. The summed E-state index contributed by atoms with van der Waals surface area (Å²) in [5.74, 6) is 0. The van der Waals surface area contributed by atoms with Gasteiger partial charge in [-0.15, -0.1) is 6.58 Å². The molecule has 0 aliphatic rings. The van der Waals surface area contributed by atoms with E-state index in [4.69, 9.17) is 9.16 Å². The van der Waals surface area contributed by atoms with E-state index in [0.29, 0.717) is 0 Å². The van der Waals surface area contributed by atoms with E-state index in [1.165, 1.54) is 51.0 Å². The number of rotatable bonds is 13. The van der Waals surface area contributed by atoms with Crippen LogP contribution in [0.1, 0.15) is 44.9 Å². The summed E-state index contributed by atoms with van der Waals surface area (Å²) in [6.45, 7) is 7.55. The van der Waals surface area contributed by atoms with Gasteiger partial charge in [0.1, 0.15) is 0 Å². The minimum absolute atomic E-state index is 0.737. The lowest BCUT2D eigenvalue weighted by Crippen LogP contribution is -2.16. The Balaban J connectivity index is 3.08. The highest BCUT2D eigenvalue weighted by molar-refractivity contribution is 6.50. The predicted molar refractivity (Wildman–Crippen MR) is 78.2 cm³/mol. The van der Waals surface area contributed by atoms with E-state index in [0.717, 1.165) is 13.2 Å². The van der Waals surface area contributed by atoms with Crippen LogP contribution in [0.2, 0.25) is 12.6 Å². The molecule has 0 aromatic rings. The summed E-state index contributed by atoms with van der Waals surface area (Å²) < 4.78 is 10.7. The smallest absolute Gasteiger partial charge is 0.174 e. The standard InChI is InChI=1S/C14H30O2Si/c1-4-5-6-7-8-9-10-11-14-17(3)16-13-12-15-2/h4,17H,1,5-14H2,2-3H3. The van der Waals surface area contributed by atoms with Crippen molar-refractivity contribution in [1.29, 1.82) is 0 Å². The van der Waals surface area contributed by atoms with E-state index < -0.39 is 9.04 Å². The van der Waals surface area contributed by atoms with Crippen LogP contribution in [0.3, 0.4) is 0 Å². The average molecular weight is 258 g/mol. The zero-order valence-electron chi connectivity index (χ0n) is 11.7. The largest absolute Gasteiger partial charge is 0.418 e. The minimum Gasteiger partial charge on any atom is -0.418 e. The Morgan fingerprint density at radius 1 is 1.00 bits per heavy atom. The van der Waals surface area contributed by atoms with E-state index in [1.54, 1.807) is 7.11 Å². The van der Waals surface area contributed by atoms with Crippen molar-refractivity contribution in [2.75, 3.05) is 20.3 Å². The molecule has 0 heterocycles. The molecular formula is C14H30O2Si. The fraction of sp³-hybridized carbons (Fsp3) is 0.857. The third-order valence-electron chi connectivity index (χ3n) is 2.96. The Bertz CT molecular complexity index is 162. The Kier molecular flexibility index (Phi) is 13.8. The van der Waals surface area contributed by atoms with Gasteiger partial charge < -0.3 is 9.16 Å². The summed E-state index contributed by atoms with van der Waals surface area (Å²) in [6.07, 6.45) is 11.4.